The Labute approximate surface area is 124 Å². The minimum Gasteiger partial charge on any atom is -0.453 e. The van der Waals surface area contributed by atoms with Crippen LogP contribution < -0.4 is 10.5 Å². The number of fused-ring (bicyclic) bond motifs is 1. The Bertz CT molecular complexity index is 881. The minimum atomic E-state index is -1.02. The third kappa shape index (κ3) is 2.32. The summed E-state index contributed by atoms with van der Waals surface area (Å²) < 4.78 is 45.9. The minimum absolute atomic E-state index is 0.0861. The number of benzene rings is 2. The maximum absolute atomic E-state index is 13.7. The fraction of sp³-hybridized carbons (Fsp3) is 0.0625. The Morgan fingerprint density at radius 1 is 1.00 bits per heavy atom. The quantitative estimate of drug-likeness (QED) is 0.717. The summed E-state index contributed by atoms with van der Waals surface area (Å²) in [6.45, 7) is 1.58. The molecule has 1 aromatic heterocycles. The van der Waals surface area contributed by atoms with Crippen molar-refractivity contribution in [3.05, 3.63) is 59.5 Å². The molecule has 0 spiro atoms. The van der Waals surface area contributed by atoms with E-state index >= 15 is 0 Å². The van der Waals surface area contributed by atoms with Gasteiger partial charge in [-0.3, -0.25) is 0 Å². The first-order chi connectivity index (χ1) is 10.5. The van der Waals surface area contributed by atoms with Crippen LogP contribution in [0.1, 0.15) is 5.69 Å². The number of ether oxygens (including phenoxy) is 1. The molecule has 6 heteroatoms. The molecule has 0 aliphatic rings. The van der Waals surface area contributed by atoms with Crippen molar-refractivity contribution >= 4 is 16.6 Å². The van der Waals surface area contributed by atoms with Gasteiger partial charge in [0.2, 0.25) is 0 Å². The maximum atomic E-state index is 13.7. The number of halogens is 3. The third-order valence-electron chi connectivity index (χ3n) is 3.26. The molecule has 3 rings (SSSR count). The number of para-hydroxylation sites is 1. The normalized spacial score (nSPS) is 10.9. The number of nitrogens with two attached hydrogens (primary N) is 1. The van der Waals surface area contributed by atoms with E-state index in [0.717, 1.165) is 6.07 Å². The van der Waals surface area contributed by atoms with Gasteiger partial charge in [0.05, 0.1) is 5.69 Å². The van der Waals surface area contributed by atoms with Crippen molar-refractivity contribution < 1.29 is 17.9 Å². The summed E-state index contributed by atoms with van der Waals surface area (Å²) >= 11 is 0. The molecule has 0 radical (unpaired) electrons. The number of hydrogen-bond donors (Lipinski definition) is 1. The van der Waals surface area contributed by atoms with Gasteiger partial charge in [0, 0.05) is 5.39 Å². The van der Waals surface area contributed by atoms with Gasteiger partial charge in [-0.25, -0.2) is 18.2 Å². The molecular formula is C16H11F3N2O. The van der Waals surface area contributed by atoms with Crippen LogP contribution in [0.25, 0.3) is 10.9 Å². The number of rotatable bonds is 2. The second-order valence-corrected chi connectivity index (χ2v) is 4.76. The van der Waals surface area contributed by atoms with Gasteiger partial charge in [-0.2, -0.15) is 0 Å². The predicted octanol–water partition coefficient (Wildman–Crippen LogP) is 4.34. The van der Waals surface area contributed by atoms with Gasteiger partial charge in [-0.1, -0.05) is 6.07 Å². The van der Waals surface area contributed by atoms with Crippen LogP contribution in [0.3, 0.4) is 0 Å². The Hall–Kier alpha value is -2.76. The van der Waals surface area contributed by atoms with E-state index in [-0.39, 0.29) is 22.7 Å². The van der Waals surface area contributed by atoms with E-state index in [1.807, 2.05) is 0 Å². The van der Waals surface area contributed by atoms with Crippen LogP contribution in [0.4, 0.5) is 18.9 Å². The highest BCUT2D eigenvalue weighted by Gasteiger charge is 2.14. The molecule has 0 bridgehead atoms. The van der Waals surface area contributed by atoms with Crippen molar-refractivity contribution in [2.24, 2.45) is 0 Å². The number of aryl methyl sites for hydroxylation is 1. The number of aromatic nitrogens is 1. The SMILES string of the molecule is Cc1nc2c(F)c(F)ccc2cc1Oc1cccc(F)c1N. The van der Waals surface area contributed by atoms with Crippen LogP contribution in [0.15, 0.2) is 36.4 Å². The molecule has 3 nitrogen and oxygen atoms in total. The van der Waals surface area contributed by atoms with Crippen molar-refractivity contribution in [3.8, 4) is 11.5 Å². The summed E-state index contributed by atoms with van der Waals surface area (Å²) in [6.07, 6.45) is 0. The van der Waals surface area contributed by atoms with E-state index < -0.39 is 17.5 Å². The fourth-order valence-corrected chi connectivity index (χ4v) is 2.08. The number of hydrogen-bond acceptors (Lipinski definition) is 3. The van der Waals surface area contributed by atoms with E-state index in [2.05, 4.69) is 4.98 Å². The van der Waals surface area contributed by atoms with Crippen LogP contribution in [0.5, 0.6) is 11.5 Å². The van der Waals surface area contributed by atoms with E-state index in [4.69, 9.17) is 10.5 Å². The lowest BCUT2D eigenvalue weighted by atomic mass is 10.2. The summed E-state index contributed by atoms with van der Waals surface area (Å²) in [5.74, 6) is -2.17. The zero-order chi connectivity index (χ0) is 15.9. The fourth-order valence-electron chi connectivity index (χ4n) is 2.08. The van der Waals surface area contributed by atoms with Gasteiger partial charge in [-0.15, -0.1) is 0 Å². The maximum Gasteiger partial charge on any atom is 0.184 e. The molecule has 2 N–H and O–H groups in total. The number of pyridine rings is 1. The lowest BCUT2D eigenvalue weighted by Crippen LogP contribution is -1.98. The number of nitrogens with zero attached hydrogens (tertiary/aromatic N) is 1. The second-order valence-electron chi connectivity index (χ2n) is 4.76. The first-order valence-electron chi connectivity index (χ1n) is 6.44. The monoisotopic (exact) mass is 304 g/mol. The van der Waals surface area contributed by atoms with Gasteiger partial charge in [0.25, 0.3) is 0 Å². The van der Waals surface area contributed by atoms with Gasteiger partial charge >= 0.3 is 0 Å². The molecule has 22 heavy (non-hydrogen) atoms. The van der Waals surface area contributed by atoms with Crippen molar-refractivity contribution in [3.63, 3.8) is 0 Å². The Balaban J connectivity index is 2.10. The zero-order valence-electron chi connectivity index (χ0n) is 11.5. The molecule has 0 saturated heterocycles. The lowest BCUT2D eigenvalue weighted by Gasteiger charge is -2.12. The summed E-state index contributed by atoms with van der Waals surface area (Å²) in [6, 6.07) is 8.08. The van der Waals surface area contributed by atoms with Crippen molar-refractivity contribution in [2.75, 3.05) is 5.73 Å². The topological polar surface area (TPSA) is 48.1 Å². The molecule has 3 aromatic rings. The van der Waals surface area contributed by atoms with Crippen molar-refractivity contribution in [1.82, 2.24) is 4.98 Å². The molecule has 0 amide bonds. The predicted molar refractivity (Wildman–Crippen MR) is 77.3 cm³/mol. The number of nitrogen functional groups attached to an aromatic ring is 1. The highest BCUT2D eigenvalue weighted by molar-refractivity contribution is 5.81. The van der Waals surface area contributed by atoms with Crippen molar-refractivity contribution in [1.29, 1.82) is 0 Å². The highest BCUT2D eigenvalue weighted by Crippen LogP contribution is 2.32. The average molecular weight is 304 g/mol. The van der Waals surface area contributed by atoms with Crippen LogP contribution in [-0.4, -0.2) is 4.98 Å². The molecule has 0 unspecified atom stereocenters. The van der Waals surface area contributed by atoms with Gasteiger partial charge in [0.1, 0.15) is 22.8 Å². The van der Waals surface area contributed by atoms with Crippen LogP contribution in [0.2, 0.25) is 0 Å². The van der Waals surface area contributed by atoms with E-state index in [1.54, 1.807) is 6.92 Å². The molecule has 1 heterocycles. The first-order valence-corrected chi connectivity index (χ1v) is 6.44. The van der Waals surface area contributed by atoms with Gasteiger partial charge in [-0.05, 0) is 37.3 Å². The lowest BCUT2D eigenvalue weighted by molar-refractivity contribution is 0.474. The Morgan fingerprint density at radius 3 is 2.55 bits per heavy atom. The summed E-state index contributed by atoms with van der Waals surface area (Å²) in [7, 11) is 0. The zero-order valence-corrected chi connectivity index (χ0v) is 11.5. The smallest absolute Gasteiger partial charge is 0.184 e. The molecule has 2 aromatic carbocycles. The van der Waals surface area contributed by atoms with Crippen LogP contribution in [0, 0.1) is 24.4 Å². The molecule has 0 aliphatic heterocycles. The molecule has 0 saturated carbocycles. The standard InChI is InChI=1S/C16H11F3N2O/c1-8-13(22-12-4-2-3-11(18)15(12)20)7-9-5-6-10(17)14(19)16(9)21-8/h2-7H,20H2,1H3. The third-order valence-corrected chi connectivity index (χ3v) is 3.26. The summed E-state index contributed by atoms with van der Waals surface area (Å²) in [5.41, 5.74) is 5.72. The second kappa shape index (κ2) is 5.22. The summed E-state index contributed by atoms with van der Waals surface area (Å²) in [5, 5.41) is 0.370. The average Bonchev–Trinajstić information content (AvgIpc) is 2.49. The number of anilines is 1. The van der Waals surface area contributed by atoms with E-state index in [9.17, 15) is 13.2 Å². The molecule has 0 aliphatic carbocycles. The van der Waals surface area contributed by atoms with Gasteiger partial charge in [0.15, 0.2) is 17.4 Å². The van der Waals surface area contributed by atoms with E-state index in [0.29, 0.717) is 11.1 Å². The highest BCUT2D eigenvalue weighted by atomic mass is 19.2. The molecular weight excluding hydrogens is 293 g/mol. The van der Waals surface area contributed by atoms with Crippen LogP contribution in [-0.2, 0) is 0 Å². The molecule has 0 fully saturated rings. The van der Waals surface area contributed by atoms with Crippen LogP contribution >= 0.6 is 0 Å². The summed E-state index contributed by atoms with van der Waals surface area (Å²) in [4.78, 5) is 4.01. The first kappa shape index (κ1) is 14.2. The molecule has 0 atom stereocenters. The van der Waals surface area contributed by atoms with Gasteiger partial charge < -0.3 is 10.5 Å². The Kier molecular flexibility index (Phi) is 3.36. The molecule has 112 valence electrons. The Morgan fingerprint density at radius 2 is 1.77 bits per heavy atom. The largest absolute Gasteiger partial charge is 0.453 e. The van der Waals surface area contributed by atoms with E-state index in [1.165, 1.54) is 30.3 Å². The van der Waals surface area contributed by atoms with Crippen molar-refractivity contribution in [2.45, 2.75) is 6.92 Å².